The number of methoxy groups -OCH3 is 2. The molecule has 0 saturated carbocycles. The number of hydrogen-bond donors (Lipinski definition) is 0. The second-order valence-electron chi connectivity index (χ2n) is 1.06. The molecule has 0 aromatic heterocycles. The Bertz CT molecular complexity index is 50.0. The third kappa shape index (κ3) is 5.50. The van der Waals surface area contributed by atoms with Crippen LogP contribution in [-0.2, 0) is 9.47 Å². The quantitative estimate of drug-likeness (QED) is 0.490. The lowest BCUT2D eigenvalue weighted by Gasteiger charge is -1.86. The Morgan fingerprint density at radius 3 is 2.57 bits per heavy atom. The van der Waals surface area contributed by atoms with E-state index in [-0.39, 0.29) is 0 Å². The highest BCUT2D eigenvalue weighted by Crippen LogP contribution is 1.71. The van der Waals surface area contributed by atoms with Crippen LogP contribution in [0.15, 0.2) is 12.3 Å². The van der Waals surface area contributed by atoms with Crippen molar-refractivity contribution >= 4 is 0 Å². The molecule has 0 aromatic carbocycles. The molecule has 0 heterocycles. The van der Waals surface area contributed by atoms with E-state index >= 15 is 0 Å². The second kappa shape index (κ2) is 5.50. The summed E-state index contributed by atoms with van der Waals surface area (Å²) in [5.74, 6) is 0. The fourth-order valence-electron chi connectivity index (χ4n) is 0.232. The van der Waals surface area contributed by atoms with Crippen LogP contribution in [0.4, 0.5) is 0 Å². The van der Waals surface area contributed by atoms with E-state index in [4.69, 9.17) is 0 Å². The molecule has 0 aromatic rings. The zero-order valence-electron chi connectivity index (χ0n) is 4.68. The molecule has 0 unspecified atom stereocenters. The minimum atomic E-state index is 0.619. The molecule has 2 nitrogen and oxygen atoms in total. The Hall–Kier alpha value is -0.500. The summed E-state index contributed by atoms with van der Waals surface area (Å²) in [5, 5.41) is 0. The first-order chi connectivity index (χ1) is 3.41. The Morgan fingerprint density at radius 1 is 1.43 bits per heavy atom. The van der Waals surface area contributed by atoms with Crippen molar-refractivity contribution in [1.82, 2.24) is 0 Å². The highest BCUT2D eigenvalue weighted by atomic mass is 16.5. The molecule has 0 aliphatic heterocycles. The molecular formula is C5H10O2. The molecule has 7 heavy (non-hydrogen) atoms. The summed E-state index contributed by atoms with van der Waals surface area (Å²) < 4.78 is 9.26. The zero-order valence-corrected chi connectivity index (χ0v) is 4.68. The van der Waals surface area contributed by atoms with Crippen LogP contribution < -0.4 is 0 Å². The normalized spacial score (nSPS) is 10.0. The fourth-order valence-corrected chi connectivity index (χ4v) is 0.232. The van der Waals surface area contributed by atoms with Crippen LogP contribution in [0.25, 0.3) is 0 Å². The largest absolute Gasteiger partial charge is 0.505 e. The first-order valence-corrected chi connectivity index (χ1v) is 2.08. The van der Waals surface area contributed by atoms with Crippen LogP contribution in [0.5, 0.6) is 0 Å². The van der Waals surface area contributed by atoms with E-state index in [2.05, 4.69) is 9.47 Å². The van der Waals surface area contributed by atoms with Crippen molar-refractivity contribution < 1.29 is 9.47 Å². The fraction of sp³-hybridized carbons (Fsp3) is 0.600. The van der Waals surface area contributed by atoms with Crippen LogP contribution in [0, 0.1) is 0 Å². The summed E-state index contributed by atoms with van der Waals surface area (Å²) >= 11 is 0. The number of rotatable bonds is 3. The molecule has 0 N–H and O–H groups in total. The third-order valence-electron chi connectivity index (χ3n) is 0.495. The van der Waals surface area contributed by atoms with Gasteiger partial charge in [-0.3, -0.25) is 0 Å². The van der Waals surface area contributed by atoms with Crippen LogP contribution in [0.1, 0.15) is 0 Å². The summed E-state index contributed by atoms with van der Waals surface area (Å²) in [4.78, 5) is 0. The van der Waals surface area contributed by atoms with Crippen molar-refractivity contribution in [3.63, 3.8) is 0 Å². The van der Waals surface area contributed by atoms with Gasteiger partial charge in [-0.2, -0.15) is 0 Å². The van der Waals surface area contributed by atoms with Gasteiger partial charge in [-0.1, -0.05) is 0 Å². The van der Waals surface area contributed by atoms with Crippen LogP contribution in [-0.4, -0.2) is 20.8 Å². The monoisotopic (exact) mass is 102 g/mol. The molecule has 0 atom stereocenters. The lowest BCUT2D eigenvalue weighted by molar-refractivity contribution is 0.229. The lowest BCUT2D eigenvalue weighted by atomic mass is 10.7. The van der Waals surface area contributed by atoms with Gasteiger partial charge in [0.2, 0.25) is 0 Å². The van der Waals surface area contributed by atoms with Gasteiger partial charge in [-0.05, 0) is 6.08 Å². The van der Waals surface area contributed by atoms with Gasteiger partial charge in [0.1, 0.15) is 0 Å². The predicted octanol–water partition coefficient (Wildman–Crippen LogP) is 0.793. The molecule has 0 fully saturated rings. The summed E-state index contributed by atoms with van der Waals surface area (Å²) in [5.41, 5.74) is 0. The Morgan fingerprint density at radius 2 is 2.14 bits per heavy atom. The Labute approximate surface area is 43.7 Å². The Balaban J connectivity index is 2.78. The van der Waals surface area contributed by atoms with E-state index in [0.29, 0.717) is 6.61 Å². The molecule has 0 radical (unpaired) electrons. The molecule has 0 spiro atoms. The maximum absolute atomic E-state index is 4.68. The van der Waals surface area contributed by atoms with Crippen molar-refractivity contribution in [2.45, 2.75) is 0 Å². The van der Waals surface area contributed by atoms with Gasteiger partial charge in [0.25, 0.3) is 0 Å². The minimum absolute atomic E-state index is 0.619. The standard InChI is InChI=1S/C5H10O2/c1-6-4-3-5-7-2/h3-4H,5H2,1-2H3/b4-3+. The first-order valence-electron chi connectivity index (χ1n) is 2.08. The first kappa shape index (κ1) is 6.50. The van der Waals surface area contributed by atoms with Gasteiger partial charge >= 0.3 is 0 Å². The van der Waals surface area contributed by atoms with E-state index in [1.807, 2.05) is 0 Å². The van der Waals surface area contributed by atoms with Crippen LogP contribution in [0.2, 0.25) is 0 Å². The topological polar surface area (TPSA) is 18.5 Å². The van der Waals surface area contributed by atoms with Crippen molar-refractivity contribution in [2.24, 2.45) is 0 Å². The molecule has 0 saturated heterocycles. The molecule has 0 aliphatic rings. The van der Waals surface area contributed by atoms with Gasteiger partial charge < -0.3 is 9.47 Å². The SMILES string of the molecule is CO/C=C/COC. The number of ether oxygens (including phenoxy) is 2. The van der Waals surface area contributed by atoms with E-state index < -0.39 is 0 Å². The van der Waals surface area contributed by atoms with Crippen molar-refractivity contribution in [3.8, 4) is 0 Å². The maximum Gasteiger partial charge on any atom is 0.0807 e. The number of hydrogen-bond acceptors (Lipinski definition) is 2. The minimum Gasteiger partial charge on any atom is -0.505 e. The Kier molecular flexibility index (Phi) is 5.11. The predicted molar refractivity (Wildman–Crippen MR) is 28.0 cm³/mol. The average molecular weight is 102 g/mol. The molecule has 0 bridgehead atoms. The van der Waals surface area contributed by atoms with Crippen molar-refractivity contribution in [3.05, 3.63) is 12.3 Å². The van der Waals surface area contributed by atoms with Crippen LogP contribution >= 0.6 is 0 Å². The zero-order chi connectivity index (χ0) is 5.54. The lowest BCUT2D eigenvalue weighted by Crippen LogP contribution is -1.79. The van der Waals surface area contributed by atoms with Crippen LogP contribution in [0.3, 0.4) is 0 Å². The molecule has 0 rings (SSSR count). The summed E-state index contributed by atoms with van der Waals surface area (Å²) in [6, 6.07) is 0. The van der Waals surface area contributed by atoms with E-state index in [9.17, 15) is 0 Å². The molecular weight excluding hydrogens is 92.1 g/mol. The molecule has 2 heteroatoms. The smallest absolute Gasteiger partial charge is 0.0807 e. The highest BCUT2D eigenvalue weighted by molar-refractivity contribution is 4.70. The van der Waals surface area contributed by atoms with Gasteiger partial charge in [-0.25, -0.2) is 0 Å². The van der Waals surface area contributed by atoms with Crippen molar-refractivity contribution in [2.75, 3.05) is 20.8 Å². The summed E-state index contributed by atoms with van der Waals surface area (Å²) in [6.07, 6.45) is 3.38. The second-order valence-corrected chi connectivity index (χ2v) is 1.06. The molecule has 42 valence electrons. The molecule has 0 amide bonds. The third-order valence-corrected chi connectivity index (χ3v) is 0.495. The van der Waals surface area contributed by atoms with E-state index in [1.54, 1.807) is 26.6 Å². The van der Waals surface area contributed by atoms with E-state index in [0.717, 1.165) is 0 Å². The van der Waals surface area contributed by atoms with Gasteiger partial charge in [0, 0.05) is 7.11 Å². The average Bonchev–Trinajstić information content (AvgIpc) is 1.69. The van der Waals surface area contributed by atoms with Gasteiger partial charge in [0.05, 0.1) is 20.0 Å². The maximum atomic E-state index is 4.68. The molecule has 0 aliphatic carbocycles. The summed E-state index contributed by atoms with van der Waals surface area (Å²) in [6.45, 7) is 0.619. The van der Waals surface area contributed by atoms with Gasteiger partial charge in [0.15, 0.2) is 0 Å². The summed E-state index contributed by atoms with van der Waals surface area (Å²) in [7, 11) is 3.24. The highest BCUT2D eigenvalue weighted by Gasteiger charge is 1.66. The van der Waals surface area contributed by atoms with E-state index in [1.165, 1.54) is 0 Å². The van der Waals surface area contributed by atoms with Gasteiger partial charge in [-0.15, -0.1) is 0 Å². The van der Waals surface area contributed by atoms with Crippen molar-refractivity contribution in [1.29, 1.82) is 0 Å².